The van der Waals surface area contributed by atoms with Gasteiger partial charge in [-0.15, -0.1) is 0 Å². The van der Waals surface area contributed by atoms with Gasteiger partial charge < -0.3 is 10.5 Å². The van der Waals surface area contributed by atoms with E-state index in [2.05, 4.69) is 0 Å². The Morgan fingerprint density at radius 2 is 2.08 bits per heavy atom. The maximum atomic E-state index is 11.7. The Morgan fingerprint density at radius 1 is 1.31 bits per heavy atom. The molecule has 2 fully saturated rings. The molecule has 2 unspecified atom stereocenters. The lowest BCUT2D eigenvalue weighted by molar-refractivity contribution is -0.136. The maximum Gasteiger partial charge on any atom is 0.164 e. The van der Waals surface area contributed by atoms with E-state index in [4.69, 9.17) is 10.5 Å². The van der Waals surface area contributed by atoms with Crippen molar-refractivity contribution in [3.63, 3.8) is 0 Å². The third kappa shape index (κ3) is 1.76. The molecule has 1 aliphatic heterocycles. The van der Waals surface area contributed by atoms with Gasteiger partial charge in [-0.05, 0) is 25.7 Å². The number of rotatable bonds is 3. The van der Waals surface area contributed by atoms with Gasteiger partial charge in [-0.25, -0.2) is 0 Å². The molecule has 0 spiro atoms. The van der Waals surface area contributed by atoms with Crippen molar-refractivity contribution in [2.75, 3.05) is 6.54 Å². The second kappa shape index (κ2) is 3.76. The molecular weight excluding hydrogens is 166 g/mol. The molecule has 0 bridgehead atoms. The molecule has 1 aliphatic carbocycles. The fraction of sp³-hybridized carbons (Fsp3) is 0.900. The van der Waals surface area contributed by atoms with Crippen molar-refractivity contribution in [3.05, 3.63) is 0 Å². The molecule has 0 aromatic heterocycles. The first-order chi connectivity index (χ1) is 6.31. The van der Waals surface area contributed by atoms with Crippen LogP contribution in [-0.2, 0) is 9.53 Å². The summed E-state index contributed by atoms with van der Waals surface area (Å²) in [6.07, 6.45) is 5.21. The highest BCUT2D eigenvalue weighted by Crippen LogP contribution is 2.32. The van der Waals surface area contributed by atoms with Crippen molar-refractivity contribution in [2.24, 2.45) is 11.7 Å². The minimum atomic E-state index is -0.126. The summed E-state index contributed by atoms with van der Waals surface area (Å²) in [6.45, 7) is 0.550. The molecule has 74 valence electrons. The lowest BCUT2D eigenvalue weighted by Gasteiger charge is -2.26. The van der Waals surface area contributed by atoms with Crippen molar-refractivity contribution in [1.82, 2.24) is 0 Å². The normalized spacial score (nSPS) is 34.5. The highest BCUT2D eigenvalue weighted by molar-refractivity contribution is 5.86. The molecule has 1 saturated heterocycles. The topological polar surface area (TPSA) is 52.3 Å². The van der Waals surface area contributed by atoms with Gasteiger partial charge in [-0.3, -0.25) is 4.79 Å². The van der Waals surface area contributed by atoms with Gasteiger partial charge in [-0.2, -0.15) is 0 Å². The lowest BCUT2D eigenvalue weighted by Crippen LogP contribution is -2.33. The predicted molar refractivity (Wildman–Crippen MR) is 49.3 cm³/mol. The second-order valence-corrected chi connectivity index (χ2v) is 4.09. The summed E-state index contributed by atoms with van der Waals surface area (Å²) in [6, 6.07) is 0. The van der Waals surface area contributed by atoms with E-state index in [1.165, 1.54) is 6.42 Å². The van der Waals surface area contributed by atoms with E-state index < -0.39 is 0 Å². The minimum absolute atomic E-state index is 0.126. The summed E-state index contributed by atoms with van der Waals surface area (Å²) >= 11 is 0. The fourth-order valence-electron chi connectivity index (χ4n) is 2.04. The van der Waals surface area contributed by atoms with Gasteiger partial charge in [0.25, 0.3) is 0 Å². The number of ketones is 1. The zero-order valence-corrected chi connectivity index (χ0v) is 7.87. The molecule has 2 aliphatic rings. The highest BCUT2D eigenvalue weighted by atomic mass is 16.5. The van der Waals surface area contributed by atoms with E-state index in [1.54, 1.807) is 0 Å². The first kappa shape index (κ1) is 9.16. The molecule has 2 rings (SSSR count). The van der Waals surface area contributed by atoms with Crippen molar-refractivity contribution < 1.29 is 9.53 Å². The smallest absolute Gasteiger partial charge is 0.164 e. The fourth-order valence-corrected chi connectivity index (χ4v) is 2.04. The van der Waals surface area contributed by atoms with E-state index in [9.17, 15) is 4.79 Å². The van der Waals surface area contributed by atoms with Gasteiger partial charge in [0, 0.05) is 12.5 Å². The molecule has 1 heterocycles. The lowest BCUT2D eigenvalue weighted by atomic mass is 9.80. The highest BCUT2D eigenvalue weighted by Gasteiger charge is 2.36. The summed E-state index contributed by atoms with van der Waals surface area (Å²) in [4.78, 5) is 11.7. The number of carbonyl (C=O) groups excluding carboxylic acids is 1. The molecule has 3 nitrogen and oxygen atoms in total. The monoisotopic (exact) mass is 183 g/mol. The summed E-state index contributed by atoms with van der Waals surface area (Å²) < 4.78 is 5.55. The van der Waals surface area contributed by atoms with Crippen molar-refractivity contribution >= 4 is 5.78 Å². The standard InChI is InChI=1S/C10H17NO2/c11-6-8-4-5-9(13-8)10(12)7-2-1-3-7/h7-9H,1-6,11H2. The van der Waals surface area contributed by atoms with Crippen LogP contribution >= 0.6 is 0 Å². The van der Waals surface area contributed by atoms with Crippen LogP contribution in [0.15, 0.2) is 0 Å². The quantitative estimate of drug-likeness (QED) is 0.706. The number of ether oxygens (including phenoxy) is 1. The third-order valence-corrected chi connectivity index (χ3v) is 3.20. The largest absolute Gasteiger partial charge is 0.366 e. The average molecular weight is 183 g/mol. The van der Waals surface area contributed by atoms with Gasteiger partial charge in [0.1, 0.15) is 6.10 Å². The second-order valence-electron chi connectivity index (χ2n) is 4.09. The van der Waals surface area contributed by atoms with Crippen LogP contribution in [0.1, 0.15) is 32.1 Å². The first-order valence-electron chi connectivity index (χ1n) is 5.20. The molecule has 3 heteroatoms. The van der Waals surface area contributed by atoms with Crippen LogP contribution in [0.4, 0.5) is 0 Å². The molecule has 0 aromatic carbocycles. The van der Waals surface area contributed by atoms with Crippen LogP contribution in [0.3, 0.4) is 0 Å². The number of hydrogen-bond donors (Lipinski definition) is 1. The number of carbonyl (C=O) groups is 1. The Hall–Kier alpha value is -0.410. The van der Waals surface area contributed by atoms with Crippen molar-refractivity contribution in [3.8, 4) is 0 Å². The summed E-state index contributed by atoms with van der Waals surface area (Å²) in [5.41, 5.74) is 5.48. The minimum Gasteiger partial charge on any atom is -0.366 e. The zero-order valence-electron chi connectivity index (χ0n) is 7.87. The Kier molecular flexibility index (Phi) is 2.65. The average Bonchev–Trinajstić information content (AvgIpc) is 2.48. The maximum absolute atomic E-state index is 11.7. The van der Waals surface area contributed by atoms with Crippen LogP contribution in [0.25, 0.3) is 0 Å². The molecule has 2 atom stereocenters. The molecule has 0 amide bonds. The van der Waals surface area contributed by atoms with Crippen LogP contribution < -0.4 is 5.73 Å². The van der Waals surface area contributed by atoms with Crippen LogP contribution in [0.2, 0.25) is 0 Å². The van der Waals surface area contributed by atoms with E-state index >= 15 is 0 Å². The predicted octanol–water partition coefficient (Wildman–Crippen LogP) is 0.862. The Balaban J connectivity index is 1.84. The van der Waals surface area contributed by atoms with Gasteiger partial charge in [-0.1, -0.05) is 6.42 Å². The zero-order chi connectivity index (χ0) is 9.26. The first-order valence-corrected chi connectivity index (χ1v) is 5.20. The van der Waals surface area contributed by atoms with Gasteiger partial charge in [0.2, 0.25) is 0 Å². The molecular formula is C10H17NO2. The van der Waals surface area contributed by atoms with Gasteiger partial charge in [0.15, 0.2) is 5.78 Å². The SMILES string of the molecule is NCC1CCC(C(=O)C2CCC2)O1. The van der Waals surface area contributed by atoms with Crippen molar-refractivity contribution in [2.45, 2.75) is 44.3 Å². The van der Waals surface area contributed by atoms with Crippen LogP contribution in [0, 0.1) is 5.92 Å². The summed E-state index contributed by atoms with van der Waals surface area (Å²) in [5, 5.41) is 0. The molecule has 1 saturated carbocycles. The van der Waals surface area contributed by atoms with E-state index in [0.29, 0.717) is 18.2 Å². The van der Waals surface area contributed by atoms with E-state index in [-0.39, 0.29) is 12.2 Å². The Morgan fingerprint density at radius 3 is 2.54 bits per heavy atom. The van der Waals surface area contributed by atoms with Crippen LogP contribution in [0.5, 0.6) is 0 Å². The van der Waals surface area contributed by atoms with Gasteiger partial charge >= 0.3 is 0 Å². The number of hydrogen-bond acceptors (Lipinski definition) is 3. The Bertz CT molecular complexity index is 201. The van der Waals surface area contributed by atoms with E-state index in [0.717, 1.165) is 25.7 Å². The summed E-state index contributed by atoms with van der Waals surface area (Å²) in [5.74, 6) is 0.642. The number of nitrogens with two attached hydrogens (primary N) is 1. The van der Waals surface area contributed by atoms with Gasteiger partial charge in [0.05, 0.1) is 6.10 Å². The molecule has 0 radical (unpaired) electrons. The molecule has 2 N–H and O–H groups in total. The Labute approximate surface area is 78.6 Å². The van der Waals surface area contributed by atoms with Crippen molar-refractivity contribution in [1.29, 1.82) is 0 Å². The molecule has 13 heavy (non-hydrogen) atoms. The summed E-state index contributed by atoms with van der Waals surface area (Å²) in [7, 11) is 0. The van der Waals surface area contributed by atoms with E-state index in [1.807, 2.05) is 0 Å². The van der Waals surface area contributed by atoms with Crippen LogP contribution in [-0.4, -0.2) is 24.5 Å². The molecule has 0 aromatic rings. The number of Topliss-reactive ketones (excluding diaryl/α,β-unsaturated/α-hetero) is 1. The third-order valence-electron chi connectivity index (χ3n) is 3.20.